The molecule has 2 aromatic heterocycles. The Hall–Kier alpha value is -4.53. The van der Waals surface area contributed by atoms with Crippen LogP contribution in [0.2, 0.25) is 0 Å². The molecule has 150 valence electrons. The zero-order valence-electron chi connectivity index (χ0n) is 15.9. The summed E-state index contributed by atoms with van der Waals surface area (Å²) >= 11 is 0. The number of nitrogens with zero attached hydrogens (tertiary/aromatic N) is 5. The molecule has 0 bridgehead atoms. The van der Waals surface area contributed by atoms with E-state index in [-0.39, 0.29) is 12.5 Å². The predicted octanol–water partition coefficient (Wildman–Crippen LogP) is 4.27. The van der Waals surface area contributed by atoms with Gasteiger partial charge in [-0.05, 0) is 36.4 Å². The van der Waals surface area contributed by atoms with Crippen molar-refractivity contribution < 1.29 is 14.4 Å². The molecule has 0 aliphatic carbocycles. The Balaban J connectivity index is 1.64. The number of nitro benzene ring substituents is 1. The van der Waals surface area contributed by atoms with Gasteiger partial charge >= 0.3 is 0 Å². The molecule has 31 heavy (non-hydrogen) atoms. The summed E-state index contributed by atoms with van der Waals surface area (Å²) in [5.41, 5.74) is 4.01. The van der Waals surface area contributed by atoms with Gasteiger partial charge in [-0.15, -0.1) is 0 Å². The van der Waals surface area contributed by atoms with E-state index in [9.17, 15) is 10.1 Å². The number of hydrogen-bond donors (Lipinski definition) is 0. The van der Waals surface area contributed by atoms with Crippen molar-refractivity contribution in [1.82, 2.24) is 19.5 Å². The number of aromatic nitrogens is 4. The van der Waals surface area contributed by atoms with Gasteiger partial charge in [0, 0.05) is 23.8 Å². The van der Waals surface area contributed by atoms with Gasteiger partial charge in [0.1, 0.15) is 5.82 Å². The van der Waals surface area contributed by atoms with Crippen molar-refractivity contribution in [1.29, 1.82) is 0 Å². The van der Waals surface area contributed by atoms with Gasteiger partial charge in [0.05, 0.1) is 21.6 Å². The van der Waals surface area contributed by atoms with Crippen molar-refractivity contribution >= 4 is 28.0 Å². The molecule has 0 atom stereocenters. The summed E-state index contributed by atoms with van der Waals surface area (Å²) < 4.78 is 12.8. The van der Waals surface area contributed by atoms with Crippen molar-refractivity contribution in [3.05, 3.63) is 76.8 Å². The lowest BCUT2D eigenvalue weighted by Gasteiger charge is -2.10. The van der Waals surface area contributed by atoms with Crippen LogP contribution in [0.4, 0.5) is 5.69 Å². The molecule has 0 fully saturated rings. The number of non-ortho nitro benzene ring substituents is 1. The van der Waals surface area contributed by atoms with E-state index in [2.05, 4.69) is 4.98 Å². The van der Waals surface area contributed by atoms with Gasteiger partial charge in [-0.2, -0.15) is 0 Å². The number of hydrogen-bond acceptors (Lipinski definition) is 7. The maximum absolute atomic E-state index is 11.1. The van der Waals surface area contributed by atoms with Crippen molar-refractivity contribution in [2.24, 2.45) is 0 Å². The topological polar surface area (TPSA) is 105 Å². The molecule has 6 rings (SSSR count). The Kier molecular flexibility index (Phi) is 3.63. The van der Waals surface area contributed by atoms with Gasteiger partial charge in [-0.25, -0.2) is 15.0 Å². The fourth-order valence-electron chi connectivity index (χ4n) is 3.65. The highest BCUT2D eigenvalue weighted by molar-refractivity contribution is 5.86. The van der Waals surface area contributed by atoms with Crippen LogP contribution in [0.15, 0.2) is 66.7 Å². The van der Waals surface area contributed by atoms with Crippen LogP contribution in [-0.4, -0.2) is 31.2 Å². The number of rotatable bonds is 3. The minimum Gasteiger partial charge on any atom is -0.454 e. The van der Waals surface area contributed by atoms with Crippen molar-refractivity contribution in [2.45, 2.75) is 0 Å². The third-order valence-corrected chi connectivity index (χ3v) is 5.12. The van der Waals surface area contributed by atoms with E-state index in [0.29, 0.717) is 34.2 Å². The molecule has 0 saturated carbocycles. The van der Waals surface area contributed by atoms with Crippen molar-refractivity contribution in [3.63, 3.8) is 0 Å². The Bertz CT molecular complexity index is 1490. The lowest BCUT2D eigenvalue weighted by atomic mass is 10.2. The summed E-state index contributed by atoms with van der Waals surface area (Å²) in [5, 5.41) is 11.1. The zero-order chi connectivity index (χ0) is 20.9. The molecule has 9 nitrogen and oxygen atoms in total. The highest BCUT2D eigenvalue weighted by atomic mass is 16.7. The van der Waals surface area contributed by atoms with Gasteiger partial charge in [0.25, 0.3) is 5.69 Å². The fraction of sp³-hybridized carbons (Fsp3) is 0.0455. The van der Waals surface area contributed by atoms with Gasteiger partial charge < -0.3 is 9.47 Å². The summed E-state index contributed by atoms with van der Waals surface area (Å²) in [5.74, 6) is 1.86. The lowest BCUT2D eigenvalue weighted by Crippen LogP contribution is -1.99. The Morgan fingerprint density at radius 2 is 1.61 bits per heavy atom. The first-order chi connectivity index (χ1) is 15.2. The molecular weight excluding hydrogens is 398 g/mol. The molecule has 0 saturated heterocycles. The molecule has 1 aliphatic heterocycles. The average Bonchev–Trinajstić information content (AvgIpc) is 3.41. The van der Waals surface area contributed by atoms with Crippen LogP contribution in [0.1, 0.15) is 0 Å². The van der Waals surface area contributed by atoms with E-state index in [0.717, 1.165) is 16.7 Å². The van der Waals surface area contributed by atoms with E-state index in [1.165, 1.54) is 12.1 Å². The van der Waals surface area contributed by atoms with E-state index in [1.54, 1.807) is 12.1 Å². The molecule has 5 aromatic rings. The molecule has 0 amide bonds. The second-order valence-electron chi connectivity index (χ2n) is 6.97. The molecule has 1 aliphatic rings. The van der Waals surface area contributed by atoms with Crippen LogP contribution >= 0.6 is 0 Å². The first kappa shape index (κ1) is 17.3. The minimum absolute atomic E-state index is 0.0106. The molecule has 0 radical (unpaired) electrons. The molecule has 0 unspecified atom stereocenters. The zero-order valence-corrected chi connectivity index (χ0v) is 15.9. The second kappa shape index (κ2) is 6.49. The van der Waals surface area contributed by atoms with Crippen molar-refractivity contribution in [3.8, 4) is 28.6 Å². The smallest absolute Gasteiger partial charge is 0.269 e. The van der Waals surface area contributed by atoms with E-state index < -0.39 is 4.92 Å². The van der Waals surface area contributed by atoms with Gasteiger partial charge in [-0.1, -0.05) is 12.1 Å². The fourth-order valence-corrected chi connectivity index (χ4v) is 3.65. The first-order valence-electron chi connectivity index (χ1n) is 9.47. The highest BCUT2D eigenvalue weighted by Crippen LogP contribution is 2.36. The SMILES string of the molecule is O=[N+]([O-])c1ccc(-c2nc3nc4ccccc4nc3n2-c2ccc3c(c2)OCO3)cc1. The van der Waals surface area contributed by atoms with Gasteiger partial charge in [0.15, 0.2) is 22.8 Å². The van der Waals surface area contributed by atoms with Gasteiger partial charge in [0.2, 0.25) is 6.79 Å². The van der Waals surface area contributed by atoms with E-state index in [4.69, 9.17) is 19.4 Å². The first-order valence-corrected chi connectivity index (χ1v) is 9.47. The van der Waals surface area contributed by atoms with Crippen LogP contribution in [-0.2, 0) is 0 Å². The van der Waals surface area contributed by atoms with Crippen LogP contribution in [0.3, 0.4) is 0 Å². The lowest BCUT2D eigenvalue weighted by molar-refractivity contribution is -0.384. The molecule has 9 heteroatoms. The minimum atomic E-state index is -0.430. The summed E-state index contributed by atoms with van der Waals surface area (Å²) in [6.07, 6.45) is 0. The predicted molar refractivity (Wildman–Crippen MR) is 112 cm³/mol. The number of benzene rings is 3. The maximum atomic E-state index is 11.1. The molecule has 3 heterocycles. The monoisotopic (exact) mass is 411 g/mol. The van der Waals surface area contributed by atoms with Crippen LogP contribution in [0.5, 0.6) is 11.5 Å². The Morgan fingerprint density at radius 1 is 0.871 bits per heavy atom. The Labute approximate surface area is 174 Å². The van der Waals surface area contributed by atoms with Crippen LogP contribution < -0.4 is 9.47 Å². The summed E-state index contributed by atoms with van der Waals surface area (Å²) in [6, 6.07) is 19.4. The molecule has 3 aromatic carbocycles. The highest BCUT2D eigenvalue weighted by Gasteiger charge is 2.21. The maximum Gasteiger partial charge on any atom is 0.269 e. The summed E-state index contributed by atoms with van der Waals surface area (Å²) in [7, 11) is 0. The third-order valence-electron chi connectivity index (χ3n) is 5.12. The van der Waals surface area contributed by atoms with E-state index in [1.807, 2.05) is 47.0 Å². The molecule has 0 spiro atoms. The van der Waals surface area contributed by atoms with Gasteiger partial charge in [-0.3, -0.25) is 14.7 Å². The standard InChI is InChI=1S/C22H13N5O4/c28-27(29)14-7-5-13(6-8-14)21-25-20-22(24-17-4-2-1-3-16(17)23-20)26(21)15-9-10-18-19(11-15)31-12-30-18/h1-11H,12H2. The number of nitro groups is 1. The molecule has 0 N–H and O–H groups in total. The normalized spacial score (nSPS) is 12.5. The summed E-state index contributed by atoms with van der Waals surface area (Å²) in [4.78, 5) is 24.8. The number of imidazole rings is 1. The second-order valence-corrected chi connectivity index (χ2v) is 6.97. The van der Waals surface area contributed by atoms with Crippen LogP contribution in [0, 0.1) is 10.1 Å². The van der Waals surface area contributed by atoms with Crippen molar-refractivity contribution in [2.75, 3.05) is 6.79 Å². The summed E-state index contributed by atoms with van der Waals surface area (Å²) in [6.45, 7) is 0.170. The average molecular weight is 411 g/mol. The quantitative estimate of drug-likeness (QED) is 0.322. The van der Waals surface area contributed by atoms with E-state index >= 15 is 0 Å². The molecular formula is C22H13N5O4. The Morgan fingerprint density at radius 3 is 2.39 bits per heavy atom. The largest absolute Gasteiger partial charge is 0.454 e. The number of para-hydroxylation sites is 2. The number of fused-ring (bicyclic) bond motifs is 3. The van der Waals surface area contributed by atoms with Crippen LogP contribution in [0.25, 0.3) is 39.4 Å². The third kappa shape index (κ3) is 2.75. The number of ether oxygens (including phenoxy) is 2.